The molecule has 1 aromatic heterocycles. The maximum Gasteiger partial charge on any atom is 0.511 e. The summed E-state index contributed by atoms with van der Waals surface area (Å²) >= 11 is 0. The van der Waals surface area contributed by atoms with Crippen LogP contribution in [0.1, 0.15) is 55.3 Å². The normalized spacial score (nSPS) is 20.4. The number of aromatic amines is 1. The number of alkyl halides is 3. The molecule has 2 aromatic rings. The number of benzene rings is 1. The molecule has 178 valence electrons. The summed E-state index contributed by atoms with van der Waals surface area (Å²) in [5, 5.41) is 9.62. The molecule has 1 saturated carbocycles. The van der Waals surface area contributed by atoms with Crippen molar-refractivity contribution in [2.24, 2.45) is 5.92 Å². The smallest absolute Gasteiger partial charge is 0.361 e. The first-order chi connectivity index (χ1) is 15.7. The van der Waals surface area contributed by atoms with Gasteiger partial charge in [-0.05, 0) is 30.9 Å². The highest BCUT2D eigenvalue weighted by Crippen LogP contribution is 2.38. The fourth-order valence-corrected chi connectivity index (χ4v) is 5.92. The average molecular weight is 482 g/mol. The summed E-state index contributed by atoms with van der Waals surface area (Å²) in [5.74, 6) is 0.500. The van der Waals surface area contributed by atoms with Gasteiger partial charge in [0.15, 0.2) is 0 Å². The van der Waals surface area contributed by atoms with Crippen molar-refractivity contribution in [2.45, 2.75) is 63.2 Å². The molecule has 0 spiro atoms. The molecule has 4 rings (SSSR count). The average Bonchev–Trinajstić information content (AvgIpc) is 3.45. The first-order valence-electron chi connectivity index (χ1n) is 11.0. The van der Waals surface area contributed by atoms with Gasteiger partial charge >= 0.3 is 15.5 Å². The van der Waals surface area contributed by atoms with Gasteiger partial charge in [-0.1, -0.05) is 31.7 Å². The summed E-state index contributed by atoms with van der Waals surface area (Å²) < 4.78 is 66.1. The first-order valence-corrected chi connectivity index (χ1v) is 12.5. The molecular weight excluding hydrogens is 455 g/mol. The molecule has 0 saturated heterocycles. The monoisotopic (exact) mass is 481 g/mol. The van der Waals surface area contributed by atoms with E-state index in [2.05, 4.69) is 9.97 Å². The number of rotatable bonds is 6. The second kappa shape index (κ2) is 9.35. The summed E-state index contributed by atoms with van der Waals surface area (Å²) in [7, 11) is -5.57. The van der Waals surface area contributed by atoms with Crippen LogP contribution in [0.2, 0.25) is 0 Å². The maximum atomic E-state index is 13.5. The number of fused-ring (bicyclic) bond motifs is 1. The Bertz CT molecular complexity index is 1110. The zero-order valence-electron chi connectivity index (χ0n) is 18.1. The molecule has 1 aliphatic carbocycles. The Balaban J connectivity index is 1.78. The molecule has 0 unspecified atom stereocenters. The van der Waals surface area contributed by atoms with Crippen LogP contribution in [0.25, 0.3) is 0 Å². The maximum absolute atomic E-state index is 13.5. The predicted molar refractivity (Wildman–Crippen MR) is 116 cm³/mol. The predicted octanol–water partition coefficient (Wildman–Crippen LogP) is 4.29. The van der Waals surface area contributed by atoms with Gasteiger partial charge < -0.3 is 9.88 Å². The van der Waals surface area contributed by atoms with Gasteiger partial charge in [0.05, 0.1) is 30.2 Å². The van der Waals surface area contributed by atoms with Gasteiger partial charge in [-0.15, -0.1) is 0 Å². The van der Waals surface area contributed by atoms with Gasteiger partial charge in [-0.2, -0.15) is 22.7 Å². The van der Waals surface area contributed by atoms with E-state index in [4.69, 9.17) is 0 Å². The summed E-state index contributed by atoms with van der Waals surface area (Å²) in [6.45, 7) is -0.486. The van der Waals surface area contributed by atoms with Crippen molar-refractivity contribution in [3.63, 3.8) is 0 Å². The zero-order valence-corrected chi connectivity index (χ0v) is 18.9. The fraction of sp³-hybridized carbons (Fsp3) is 0.545. The van der Waals surface area contributed by atoms with Crippen LogP contribution in [0.3, 0.4) is 0 Å². The Hall–Kier alpha value is -2.58. The zero-order chi connectivity index (χ0) is 23.6. The largest absolute Gasteiger partial charge is 0.511 e. The van der Waals surface area contributed by atoms with E-state index < -0.39 is 28.1 Å². The Morgan fingerprint density at radius 3 is 2.61 bits per heavy atom. The Kier molecular flexibility index (Phi) is 6.68. The van der Waals surface area contributed by atoms with Crippen LogP contribution in [0.15, 0.2) is 30.7 Å². The van der Waals surface area contributed by atoms with Crippen molar-refractivity contribution >= 4 is 15.7 Å². The van der Waals surface area contributed by atoms with Crippen LogP contribution in [0.4, 0.5) is 18.9 Å². The molecule has 2 heterocycles. The van der Waals surface area contributed by atoms with Crippen molar-refractivity contribution < 1.29 is 21.6 Å². The third kappa shape index (κ3) is 4.87. The third-order valence-corrected chi connectivity index (χ3v) is 8.22. The molecule has 0 amide bonds. The lowest BCUT2D eigenvalue weighted by Crippen LogP contribution is -2.47. The topological polar surface area (TPSA) is 93.1 Å². The van der Waals surface area contributed by atoms with Crippen LogP contribution in [0.5, 0.6) is 0 Å². The second-order valence-electron chi connectivity index (χ2n) is 8.74. The van der Waals surface area contributed by atoms with E-state index in [0.29, 0.717) is 28.9 Å². The van der Waals surface area contributed by atoms with Crippen molar-refractivity contribution in [3.8, 4) is 6.07 Å². The van der Waals surface area contributed by atoms with Crippen LogP contribution in [-0.2, 0) is 23.1 Å². The van der Waals surface area contributed by atoms with E-state index in [0.717, 1.165) is 37.8 Å². The van der Waals surface area contributed by atoms with Crippen molar-refractivity contribution in [1.29, 1.82) is 5.26 Å². The lowest BCUT2D eigenvalue weighted by Gasteiger charge is -2.34. The van der Waals surface area contributed by atoms with Crippen LogP contribution < -0.4 is 4.90 Å². The van der Waals surface area contributed by atoms with Crippen molar-refractivity contribution in [2.75, 3.05) is 11.4 Å². The standard InChI is InChI=1S/C22H26F3N5O2S/c23-22(24,25)33(31,32)29-13-19(9-8-16-4-1-2-5-16)30(12-18-11-27-15-28-18)21-7-3-6-17(10-26)20(21)14-29/h3,6-7,11,15-16,19H,1-2,4-5,8-9,12-14H2,(H,27,28)/t19-/m1/s1. The number of nitriles is 1. The summed E-state index contributed by atoms with van der Waals surface area (Å²) in [6, 6.07) is 6.46. The summed E-state index contributed by atoms with van der Waals surface area (Å²) in [6.07, 6.45) is 9.01. The quantitative estimate of drug-likeness (QED) is 0.664. The minimum atomic E-state index is -5.57. The lowest BCUT2D eigenvalue weighted by molar-refractivity contribution is -0.0492. The summed E-state index contributed by atoms with van der Waals surface area (Å²) in [4.78, 5) is 8.98. The minimum Gasteiger partial charge on any atom is -0.361 e. The molecule has 1 aromatic carbocycles. The van der Waals surface area contributed by atoms with Crippen molar-refractivity contribution in [1.82, 2.24) is 14.3 Å². The van der Waals surface area contributed by atoms with Gasteiger partial charge in [0, 0.05) is 36.6 Å². The molecule has 33 heavy (non-hydrogen) atoms. The molecular formula is C22H26F3N5O2S. The number of nitrogens with one attached hydrogen (secondary N) is 1. The fourth-order valence-electron chi connectivity index (χ4n) is 4.96. The highest BCUT2D eigenvalue weighted by atomic mass is 32.2. The molecule has 1 atom stereocenters. The van der Waals surface area contributed by atoms with Crippen molar-refractivity contribution in [3.05, 3.63) is 47.5 Å². The molecule has 1 aliphatic heterocycles. The molecule has 1 fully saturated rings. The Morgan fingerprint density at radius 1 is 1.21 bits per heavy atom. The molecule has 7 nitrogen and oxygen atoms in total. The van der Waals surface area contributed by atoms with Gasteiger partial charge in [-0.3, -0.25) is 0 Å². The van der Waals surface area contributed by atoms with Crippen LogP contribution >= 0.6 is 0 Å². The third-order valence-electron chi connectivity index (χ3n) is 6.68. The Labute approximate surface area is 191 Å². The lowest BCUT2D eigenvalue weighted by atomic mass is 9.97. The number of imidazole rings is 1. The number of halogens is 3. The minimum absolute atomic E-state index is 0.168. The van der Waals surface area contributed by atoms with E-state index in [-0.39, 0.29) is 17.7 Å². The Morgan fingerprint density at radius 2 is 1.97 bits per heavy atom. The summed E-state index contributed by atoms with van der Waals surface area (Å²) in [5.41, 5.74) is -3.62. The molecule has 11 heteroatoms. The molecule has 1 N–H and O–H groups in total. The number of anilines is 1. The number of nitrogens with zero attached hydrogens (tertiary/aromatic N) is 4. The number of hydrogen-bond donors (Lipinski definition) is 1. The van der Waals surface area contributed by atoms with E-state index in [1.807, 2.05) is 11.0 Å². The molecule has 2 aliphatic rings. The number of sulfonamides is 1. The first kappa shape index (κ1) is 23.6. The SMILES string of the molecule is N#Cc1cccc2c1CN(S(=O)(=O)C(F)(F)F)C[C@@H](CCC1CCCC1)N2Cc1cnc[nH]1. The van der Waals surface area contributed by atoms with Crippen LogP contribution in [-0.4, -0.2) is 40.8 Å². The highest BCUT2D eigenvalue weighted by molar-refractivity contribution is 7.89. The van der Waals surface area contributed by atoms with Gasteiger partial charge in [0.1, 0.15) is 0 Å². The van der Waals surface area contributed by atoms with Gasteiger partial charge in [0.2, 0.25) is 0 Å². The number of H-pyrrole nitrogens is 1. The van der Waals surface area contributed by atoms with Gasteiger partial charge in [-0.25, -0.2) is 13.4 Å². The number of hydrogen-bond acceptors (Lipinski definition) is 5. The van der Waals surface area contributed by atoms with E-state index in [1.165, 1.54) is 12.4 Å². The molecule has 0 radical (unpaired) electrons. The van der Waals surface area contributed by atoms with E-state index >= 15 is 0 Å². The van der Waals surface area contributed by atoms with Gasteiger partial charge in [0.25, 0.3) is 0 Å². The van der Waals surface area contributed by atoms with E-state index in [1.54, 1.807) is 18.3 Å². The van der Waals surface area contributed by atoms with E-state index in [9.17, 15) is 26.9 Å². The highest BCUT2D eigenvalue weighted by Gasteiger charge is 2.51. The molecule has 0 bridgehead atoms. The second-order valence-corrected chi connectivity index (χ2v) is 10.7. The van der Waals surface area contributed by atoms with Crippen LogP contribution in [0, 0.1) is 17.2 Å². The number of aromatic nitrogens is 2.